The van der Waals surface area contributed by atoms with Gasteiger partial charge in [-0.05, 0) is 64.6 Å². The molecule has 4 heterocycles. The van der Waals surface area contributed by atoms with Crippen LogP contribution in [-0.2, 0) is 0 Å². The molecule has 4 aromatic heterocycles. The molecule has 0 radical (unpaired) electrons. The van der Waals surface area contributed by atoms with Crippen LogP contribution in [0.4, 0.5) is 0 Å². The highest BCUT2D eigenvalue weighted by Crippen LogP contribution is 2.41. The molecular weight excluding hydrogens is 735 g/mol. The van der Waals surface area contributed by atoms with Crippen molar-refractivity contribution in [2.75, 3.05) is 0 Å². The molecule has 0 aliphatic heterocycles. The number of thiophene rings is 2. The average molecular weight is 770 g/mol. The Bertz CT molecular complexity index is 3880. The van der Waals surface area contributed by atoms with E-state index in [4.69, 9.17) is 19.4 Å². The summed E-state index contributed by atoms with van der Waals surface area (Å²) < 4.78 is 65.9. The van der Waals surface area contributed by atoms with Gasteiger partial charge in [0.1, 0.15) is 11.2 Å². The summed E-state index contributed by atoms with van der Waals surface area (Å²) in [4.78, 5) is 14.8. The fourth-order valence-corrected chi connectivity index (χ4v) is 9.75. The largest absolute Gasteiger partial charge is 0.455 e. The van der Waals surface area contributed by atoms with Gasteiger partial charge in [0.25, 0.3) is 0 Å². The summed E-state index contributed by atoms with van der Waals surface area (Å²) in [7, 11) is 0. The first-order chi connectivity index (χ1) is 30.7. The summed E-state index contributed by atoms with van der Waals surface area (Å²) in [6.45, 7) is 0. The van der Waals surface area contributed by atoms with Crippen molar-refractivity contribution in [2.45, 2.75) is 0 Å². The highest BCUT2D eigenvalue weighted by molar-refractivity contribution is 7.26. The van der Waals surface area contributed by atoms with E-state index >= 15 is 0 Å². The molecule has 4 nitrogen and oxygen atoms in total. The van der Waals surface area contributed by atoms with Gasteiger partial charge in [0.2, 0.25) is 0 Å². The van der Waals surface area contributed by atoms with Crippen LogP contribution in [0.2, 0.25) is 0 Å². The van der Waals surface area contributed by atoms with Crippen LogP contribution in [0.1, 0.15) is 8.22 Å². The number of hydrogen-bond donors (Lipinski definition) is 0. The van der Waals surface area contributed by atoms with Crippen LogP contribution in [0, 0.1) is 0 Å². The van der Waals surface area contributed by atoms with E-state index in [0.717, 1.165) is 53.4 Å². The second-order valence-corrected chi connectivity index (χ2v) is 16.0. The maximum atomic E-state index is 9.70. The SMILES string of the molecule is [2H]c1c(-c2ccc3c(c2)sc2ccccc23)c([2H])c2c(sc3c([2H])c(-c4nc(-c5ccc(-c6ccccc6)cc5)nc(-c5cccc6c5oc5ccccc56)n4)c([2H])c([2H])c32)c1[2H]. The number of aromatic nitrogens is 3. The van der Waals surface area contributed by atoms with Crippen molar-refractivity contribution >= 4 is 85.0 Å². The van der Waals surface area contributed by atoms with E-state index in [-0.39, 0.29) is 69.8 Å². The molecular formula is C51H29N3OS2. The number of para-hydroxylation sites is 2. The van der Waals surface area contributed by atoms with Crippen molar-refractivity contribution in [3.63, 3.8) is 0 Å². The van der Waals surface area contributed by atoms with Crippen LogP contribution in [0.5, 0.6) is 0 Å². The number of rotatable bonds is 5. The average Bonchev–Trinajstić information content (AvgIpc) is 4.03. The van der Waals surface area contributed by atoms with Crippen molar-refractivity contribution in [1.82, 2.24) is 15.0 Å². The molecule has 0 saturated carbocycles. The van der Waals surface area contributed by atoms with E-state index in [1.165, 1.54) is 0 Å². The minimum atomic E-state index is -0.286. The highest BCUT2D eigenvalue weighted by atomic mass is 32.1. The Hall–Kier alpha value is -6.99. The third-order valence-corrected chi connectivity index (χ3v) is 12.6. The van der Waals surface area contributed by atoms with Crippen molar-refractivity contribution in [2.24, 2.45) is 0 Å². The molecule has 0 saturated heterocycles. The zero-order valence-electron chi connectivity index (χ0n) is 35.8. The van der Waals surface area contributed by atoms with Gasteiger partial charge in [0.15, 0.2) is 17.5 Å². The number of hydrogen-bond acceptors (Lipinski definition) is 6. The standard InChI is InChI=1S/C51H29N3OS2/c1-2-9-30(10-3-1)31-17-19-32(20-18-31)49-52-50(54-51(53-49)41-14-8-13-40-36-11-4-6-15-43(36)55-48(40)41)35-22-25-39-42-27-33(23-26-45(42)57-47(39)29-35)34-21-24-38-37-12-5-7-16-44(37)56-46(38)28-34/h1-29H/i22D,23D,25D,26D,27D,29D. The first-order valence-corrected chi connectivity index (χ1v) is 20.1. The fourth-order valence-electron chi connectivity index (χ4n) is 7.63. The molecule has 0 aliphatic rings. The summed E-state index contributed by atoms with van der Waals surface area (Å²) in [6.07, 6.45) is 0. The van der Waals surface area contributed by atoms with Crippen molar-refractivity contribution in [3.05, 3.63) is 176 Å². The molecule has 12 rings (SSSR count). The third kappa shape index (κ3) is 5.37. The summed E-state index contributed by atoms with van der Waals surface area (Å²) >= 11 is 2.72. The lowest BCUT2D eigenvalue weighted by molar-refractivity contribution is 0.669. The third-order valence-electron chi connectivity index (χ3n) is 10.4. The van der Waals surface area contributed by atoms with Gasteiger partial charge in [0.05, 0.1) is 13.8 Å². The van der Waals surface area contributed by atoms with Crippen molar-refractivity contribution in [3.8, 4) is 56.4 Å². The lowest BCUT2D eigenvalue weighted by atomic mass is 10.0. The van der Waals surface area contributed by atoms with Crippen LogP contribution in [0.3, 0.4) is 0 Å². The van der Waals surface area contributed by atoms with Crippen LogP contribution >= 0.6 is 22.7 Å². The minimum absolute atomic E-state index is 0.0135. The maximum Gasteiger partial charge on any atom is 0.167 e. The predicted octanol–water partition coefficient (Wildman–Crippen LogP) is 14.8. The second-order valence-electron chi connectivity index (χ2n) is 13.8. The molecule has 12 aromatic rings. The number of benzene rings is 8. The van der Waals surface area contributed by atoms with E-state index < -0.39 is 0 Å². The lowest BCUT2D eigenvalue weighted by Crippen LogP contribution is -2.00. The molecule has 0 N–H and O–H groups in total. The van der Waals surface area contributed by atoms with E-state index in [0.29, 0.717) is 43.1 Å². The molecule has 0 amide bonds. The zero-order valence-corrected chi connectivity index (χ0v) is 31.5. The maximum absolute atomic E-state index is 9.70. The van der Waals surface area contributed by atoms with Crippen molar-refractivity contribution < 1.29 is 12.6 Å². The van der Waals surface area contributed by atoms with E-state index in [1.807, 2.05) is 127 Å². The number of nitrogens with zero attached hydrogens (tertiary/aromatic N) is 3. The Morgan fingerprint density at radius 2 is 1.05 bits per heavy atom. The Labute approximate surface area is 343 Å². The minimum Gasteiger partial charge on any atom is -0.455 e. The van der Waals surface area contributed by atoms with Gasteiger partial charge in [-0.2, -0.15) is 0 Å². The van der Waals surface area contributed by atoms with Gasteiger partial charge in [-0.25, -0.2) is 15.0 Å². The molecule has 0 spiro atoms. The summed E-state index contributed by atoms with van der Waals surface area (Å²) in [5.41, 5.74) is 5.58. The monoisotopic (exact) mass is 769 g/mol. The molecule has 6 heteroatoms. The smallest absolute Gasteiger partial charge is 0.167 e. The molecule has 0 aliphatic carbocycles. The highest BCUT2D eigenvalue weighted by Gasteiger charge is 2.19. The van der Waals surface area contributed by atoms with Crippen LogP contribution in [0.25, 0.3) is 119 Å². The zero-order chi connectivity index (χ0) is 42.7. The van der Waals surface area contributed by atoms with E-state index in [9.17, 15) is 8.22 Å². The Kier molecular flexibility index (Phi) is 6.00. The summed E-state index contributed by atoms with van der Waals surface area (Å²) in [6, 6.07) is 44.7. The molecule has 8 aromatic carbocycles. The van der Waals surface area contributed by atoms with Gasteiger partial charge in [-0.3, -0.25) is 0 Å². The second kappa shape index (κ2) is 12.8. The molecule has 0 unspecified atom stereocenters. The van der Waals surface area contributed by atoms with E-state index in [2.05, 4.69) is 12.1 Å². The molecule has 57 heavy (non-hydrogen) atoms. The van der Waals surface area contributed by atoms with Gasteiger partial charge in [-0.1, -0.05) is 133 Å². The number of furan rings is 1. The summed E-state index contributed by atoms with van der Waals surface area (Å²) in [5, 5.41) is 4.55. The van der Waals surface area contributed by atoms with Crippen LogP contribution in [-0.4, -0.2) is 15.0 Å². The van der Waals surface area contributed by atoms with E-state index in [1.54, 1.807) is 11.3 Å². The lowest BCUT2D eigenvalue weighted by Gasteiger charge is -2.10. The van der Waals surface area contributed by atoms with Gasteiger partial charge in [-0.15, -0.1) is 22.7 Å². The number of fused-ring (bicyclic) bond motifs is 9. The van der Waals surface area contributed by atoms with Crippen molar-refractivity contribution in [1.29, 1.82) is 0 Å². The Morgan fingerprint density at radius 1 is 0.386 bits per heavy atom. The Morgan fingerprint density at radius 3 is 1.95 bits per heavy atom. The van der Waals surface area contributed by atoms with Gasteiger partial charge < -0.3 is 4.42 Å². The fraction of sp³-hybridized carbons (Fsp3) is 0. The first-order valence-electron chi connectivity index (χ1n) is 21.4. The topological polar surface area (TPSA) is 51.8 Å². The first kappa shape index (κ1) is 26.8. The van der Waals surface area contributed by atoms with Gasteiger partial charge >= 0.3 is 0 Å². The Balaban J connectivity index is 1.07. The molecule has 0 fully saturated rings. The molecule has 0 atom stereocenters. The molecule has 0 bridgehead atoms. The van der Waals surface area contributed by atoms with Crippen LogP contribution in [0.15, 0.2) is 180 Å². The van der Waals surface area contributed by atoms with Gasteiger partial charge in [0, 0.05) is 62.2 Å². The van der Waals surface area contributed by atoms with Crippen LogP contribution < -0.4 is 0 Å². The summed E-state index contributed by atoms with van der Waals surface area (Å²) in [5.74, 6) is 0.619. The quantitative estimate of drug-likeness (QED) is 0.175. The molecule has 266 valence electrons. The predicted molar refractivity (Wildman–Crippen MR) is 240 cm³/mol. The normalized spacial score (nSPS) is 13.3.